The predicted molar refractivity (Wildman–Crippen MR) is 50.5 cm³/mol. The summed E-state index contributed by atoms with van der Waals surface area (Å²) in [6.45, 7) is 3.49. The lowest BCUT2D eigenvalue weighted by Gasteiger charge is -2.16. The van der Waals surface area contributed by atoms with Gasteiger partial charge in [-0.15, -0.1) is 0 Å². The first kappa shape index (κ1) is 10.5. The zero-order chi connectivity index (χ0) is 9.68. The lowest BCUT2D eigenvalue weighted by atomic mass is 10.2. The summed E-state index contributed by atoms with van der Waals surface area (Å²) in [6, 6.07) is 0.168. The van der Waals surface area contributed by atoms with Crippen LogP contribution in [0.5, 0.6) is 0 Å². The fraction of sp³-hybridized carbons (Fsp3) is 0.889. The Kier molecular flexibility index (Phi) is 4.18. The van der Waals surface area contributed by atoms with E-state index in [0.717, 1.165) is 26.0 Å². The normalized spacial score (nSPS) is 24.3. The first-order valence-corrected chi connectivity index (χ1v) is 4.80. The summed E-state index contributed by atoms with van der Waals surface area (Å²) >= 11 is 0. The maximum atomic E-state index is 11.5. The van der Waals surface area contributed by atoms with Gasteiger partial charge in [-0.05, 0) is 26.8 Å². The summed E-state index contributed by atoms with van der Waals surface area (Å²) in [4.78, 5) is 11.5. The van der Waals surface area contributed by atoms with Crippen LogP contribution < -0.4 is 10.6 Å². The van der Waals surface area contributed by atoms with Crippen molar-refractivity contribution in [1.29, 1.82) is 0 Å². The Morgan fingerprint density at radius 2 is 2.46 bits per heavy atom. The third-order valence-corrected chi connectivity index (χ3v) is 2.12. The minimum atomic E-state index is -0.209. The van der Waals surface area contributed by atoms with E-state index in [1.807, 2.05) is 14.0 Å². The minimum absolute atomic E-state index is 0.0280. The van der Waals surface area contributed by atoms with E-state index in [1.54, 1.807) is 0 Å². The van der Waals surface area contributed by atoms with Gasteiger partial charge in [0.1, 0.15) is 6.10 Å². The fourth-order valence-corrected chi connectivity index (χ4v) is 1.48. The van der Waals surface area contributed by atoms with E-state index in [9.17, 15) is 4.79 Å². The average molecular weight is 186 g/mol. The molecule has 0 bridgehead atoms. The standard InChI is InChI=1S/C9H18N2O2/c1-7(6-10-2)11-9(12)8-4-3-5-13-8/h7-8,10H,3-6H2,1-2H3,(H,11,12). The number of amides is 1. The van der Waals surface area contributed by atoms with Crippen molar-refractivity contribution < 1.29 is 9.53 Å². The molecule has 4 nitrogen and oxygen atoms in total. The van der Waals surface area contributed by atoms with Gasteiger partial charge in [0.05, 0.1) is 0 Å². The van der Waals surface area contributed by atoms with E-state index in [4.69, 9.17) is 4.74 Å². The molecule has 1 heterocycles. The van der Waals surface area contributed by atoms with Gasteiger partial charge in [0.2, 0.25) is 5.91 Å². The molecule has 2 atom stereocenters. The molecule has 2 N–H and O–H groups in total. The molecule has 1 fully saturated rings. The first-order chi connectivity index (χ1) is 6.24. The zero-order valence-electron chi connectivity index (χ0n) is 8.30. The Bertz CT molecular complexity index is 167. The van der Waals surface area contributed by atoms with Gasteiger partial charge in [0.15, 0.2) is 0 Å². The van der Waals surface area contributed by atoms with Crippen molar-refractivity contribution in [3.63, 3.8) is 0 Å². The van der Waals surface area contributed by atoms with E-state index in [0.29, 0.717) is 0 Å². The Balaban J connectivity index is 2.23. The predicted octanol–water partition coefficient (Wildman–Crippen LogP) is -0.110. The van der Waals surface area contributed by atoms with Crippen LogP contribution in [0.1, 0.15) is 19.8 Å². The van der Waals surface area contributed by atoms with Crippen LogP contribution in [0.3, 0.4) is 0 Å². The highest BCUT2D eigenvalue weighted by atomic mass is 16.5. The van der Waals surface area contributed by atoms with Gasteiger partial charge in [-0.2, -0.15) is 0 Å². The van der Waals surface area contributed by atoms with E-state index in [1.165, 1.54) is 0 Å². The molecule has 0 spiro atoms. The van der Waals surface area contributed by atoms with Crippen LogP contribution in [-0.2, 0) is 9.53 Å². The van der Waals surface area contributed by atoms with E-state index in [2.05, 4.69) is 10.6 Å². The Morgan fingerprint density at radius 3 is 3.00 bits per heavy atom. The van der Waals surface area contributed by atoms with Crippen molar-refractivity contribution in [3.8, 4) is 0 Å². The number of hydrogen-bond donors (Lipinski definition) is 2. The lowest BCUT2D eigenvalue weighted by molar-refractivity contribution is -0.130. The molecular formula is C9H18N2O2. The molecule has 4 heteroatoms. The van der Waals surface area contributed by atoms with Crippen LogP contribution in [0.4, 0.5) is 0 Å². The van der Waals surface area contributed by atoms with Crippen LogP contribution in [-0.4, -0.2) is 38.3 Å². The molecule has 0 aromatic rings. The lowest BCUT2D eigenvalue weighted by Crippen LogP contribution is -2.43. The molecule has 0 radical (unpaired) electrons. The molecule has 1 rings (SSSR count). The first-order valence-electron chi connectivity index (χ1n) is 4.80. The van der Waals surface area contributed by atoms with Crippen LogP contribution in [0, 0.1) is 0 Å². The number of carbonyl (C=O) groups is 1. The van der Waals surface area contributed by atoms with Gasteiger partial charge in [-0.25, -0.2) is 0 Å². The van der Waals surface area contributed by atoms with Gasteiger partial charge in [-0.3, -0.25) is 4.79 Å². The summed E-state index contributed by atoms with van der Waals surface area (Å²) < 4.78 is 5.26. The van der Waals surface area contributed by atoms with E-state index < -0.39 is 0 Å². The molecule has 1 aliphatic rings. The third-order valence-electron chi connectivity index (χ3n) is 2.12. The topological polar surface area (TPSA) is 50.4 Å². The van der Waals surface area contributed by atoms with Crippen LogP contribution in [0.25, 0.3) is 0 Å². The highest BCUT2D eigenvalue weighted by Gasteiger charge is 2.24. The number of carbonyl (C=O) groups excluding carboxylic acids is 1. The molecule has 1 aliphatic heterocycles. The summed E-state index contributed by atoms with van der Waals surface area (Å²) in [5, 5.41) is 5.90. The summed E-state index contributed by atoms with van der Waals surface area (Å²) in [5.74, 6) is 0.0280. The zero-order valence-corrected chi connectivity index (χ0v) is 8.30. The van der Waals surface area contributed by atoms with Gasteiger partial charge in [0, 0.05) is 19.2 Å². The van der Waals surface area contributed by atoms with Crippen LogP contribution >= 0.6 is 0 Å². The number of likely N-dealkylation sites (N-methyl/N-ethyl adjacent to an activating group) is 1. The molecule has 76 valence electrons. The SMILES string of the molecule is CNCC(C)NC(=O)C1CCCO1. The molecule has 0 aliphatic carbocycles. The molecule has 13 heavy (non-hydrogen) atoms. The van der Waals surface area contributed by atoms with E-state index >= 15 is 0 Å². The van der Waals surface area contributed by atoms with Crippen molar-refractivity contribution in [1.82, 2.24) is 10.6 Å². The number of nitrogens with one attached hydrogen (secondary N) is 2. The van der Waals surface area contributed by atoms with Gasteiger partial charge >= 0.3 is 0 Å². The number of rotatable bonds is 4. The number of hydrogen-bond acceptors (Lipinski definition) is 3. The van der Waals surface area contributed by atoms with Crippen molar-refractivity contribution >= 4 is 5.91 Å². The second kappa shape index (κ2) is 5.19. The molecule has 2 unspecified atom stereocenters. The summed E-state index contributed by atoms with van der Waals surface area (Å²) in [6.07, 6.45) is 1.65. The molecular weight excluding hydrogens is 168 g/mol. The molecule has 1 amide bonds. The van der Waals surface area contributed by atoms with Crippen LogP contribution in [0.15, 0.2) is 0 Å². The van der Waals surface area contributed by atoms with Crippen molar-refractivity contribution in [2.45, 2.75) is 31.9 Å². The maximum Gasteiger partial charge on any atom is 0.249 e. The van der Waals surface area contributed by atoms with Gasteiger partial charge < -0.3 is 15.4 Å². The van der Waals surface area contributed by atoms with Crippen LogP contribution in [0.2, 0.25) is 0 Å². The smallest absolute Gasteiger partial charge is 0.249 e. The molecule has 1 saturated heterocycles. The van der Waals surface area contributed by atoms with Crippen molar-refractivity contribution in [2.75, 3.05) is 20.2 Å². The highest BCUT2D eigenvalue weighted by Crippen LogP contribution is 2.11. The van der Waals surface area contributed by atoms with Crippen molar-refractivity contribution in [2.24, 2.45) is 0 Å². The van der Waals surface area contributed by atoms with Crippen molar-refractivity contribution in [3.05, 3.63) is 0 Å². The Morgan fingerprint density at radius 1 is 1.69 bits per heavy atom. The quantitative estimate of drug-likeness (QED) is 0.644. The average Bonchev–Trinajstić information content (AvgIpc) is 2.55. The number of ether oxygens (including phenoxy) is 1. The van der Waals surface area contributed by atoms with E-state index in [-0.39, 0.29) is 18.1 Å². The summed E-state index contributed by atoms with van der Waals surface area (Å²) in [7, 11) is 1.87. The summed E-state index contributed by atoms with van der Waals surface area (Å²) in [5.41, 5.74) is 0. The Hall–Kier alpha value is -0.610. The molecule has 0 aromatic carbocycles. The second-order valence-electron chi connectivity index (χ2n) is 3.47. The van der Waals surface area contributed by atoms with Gasteiger partial charge in [-0.1, -0.05) is 0 Å². The molecule has 0 saturated carbocycles. The largest absolute Gasteiger partial charge is 0.368 e. The maximum absolute atomic E-state index is 11.5. The van der Waals surface area contributed by atoms with Gasteiger partial charge in [0.25, 0.3) is 0 Å². The fourth-order valence-electron chi connectivity index (χ4n) is 1.48. The third kappa shape index (κ3) is 3.32. The molecule has 0 aromatic heterocycles. The highest BCUT2D eigenvalue weighted by molar-refractivity contribution is 5.81. The monoisotopic (exact) mass is 186 g/mol. The Labute approximate surface area is 79.0 Å². The second-order valence-corrected chi connectivity index (χ2v) is 3.47. The minimum Gasteiger partial charge on any atom is -0.368 e.